The monoisotopic (exact) mass is 285 g/mol. The van der Waals surface area contributed by atoms with E-state index >= 15 is 0 Å². The molecule has 2 nitrogen and oxygen atoms in total. The summed E-state index contributed by atoms with van der Waals surface area (Å²) in [5.74, 6) is 0.788. The number of hydrogen-bond acceptors (Lipinski definition) is 2. The Hall–Kier alpha value is -1.87. The van der Waals surface area contributed by atoms with Gasteiger partial charge in [0.15, 0.2) is 0 Å². The number of hydrogen-bond donors (Lipinski definition) is 1. The molecule has 110 valence electrons. The van der Waals surface area contributed by atoms with E-state index in [9.17, 15) is 4.39 Å². The van der Waals surface area contributed by atoms with E-state index in [2.05, 4.69) is 24.4 Å². The van der Waals surface area contributed by atoms with Gasteiger partial charge in [-0.15, -0.1) is 0 Å². The minimum absolute atomic E-state index is 0.0120. The molecular weight excluding hydrogens is 265 g/mol. The van der Waals surface area contributed by atoms with Crippen molar-refractivity contribution in [1.82, 2.24) is 5.32 Å². The van der Waals surface area contributed by atoms with Gasteiger partial charge in [-0.05, 0) is 54.3 Å². The molecule has 3 rings (SSSR count). The maximum atomic E-state index is 13.5. The fraction of sp³-hybridized carbons (Fsp3) is 0.333. The normalized spacial score (nSPS) is 15.1. The third-order valence-electron chi connectivity index (χ3n) is 3.86. The van der Waals surface area contributed by atoms with Gasteiger partial charge in [-0.3, -0.25) is 0 Å². The first-order valence-electron chi connectivity index (χ1n) is 7.52. The summed E-state index contributed by atoms with van der Waals surface area (Å²) in [6.45, 7) is 3.69. The number of halogens is 1. The van der Waals surface area contributed by atoms with Crippen LogP contribution in [0.1, 0.15) is 36.1 Å². The summed E-state index contributed by atoms with van der Waals surface area (Å²) in [5.41, 5.74) is 3.36. The van der Waals surface area contributed by atoms with E-state index in [1.54, 1.807) is 12.1 Å². The molecule has 0 saturated carbocycles. The Balaban J connectivity index is 1.97. The van der Waals surface area contributed by atoms with Crippen LogP contribution in [-0.2, 0) is 6.42 Å². The Kier molecular flexibility index (Phi) is 4.20. The van der Waals surface area contributed by atoms with Crippen molar-refractivity contribution in [3.63, 3.8) is 0 Å². The summed E-state index contributed by atoms with van der Waals surface area (Å²) in [6, 6.07) is 13.1. The highest BCUT2D eigenvalue weighted by Crippen LogP contribution is 2.30. The third-order valence-corrected chi connectivity index (χ3v) is 3.86. The number of ether oxygens (including phenoxy) is 1. The van der Waals surface area contributed by atoms with Crippen LogP contribution >= 0.6 is 0 Å². The number of rotatable bonds is 4. The van der Waals surface area contributed by atoms with Crippen molar-refractivity contribution < 1.29 is 9.13 Å². The van der Waals surface area contributed by atoms with Gasteiger partial charge in [-0.1, -0.05) is 31.2 Å². The van der Waals surface area contributed by atoms with Crippen LogP contribution in [0.5, 0.6) is 5.75 Å². The first-order valence-corrected chi connectivity index (χ1v) is 7.52. The zero-order chi connectivity index (χ0) is 14.7. The second-order valence-electron chi connectivity index (χ2n) is 5.36. The van der Waals surface area contributed by atoms with Gasteiger partial charge in [-0.25, -0.2) is 4.39 Å². The number of benzene rings is 2. The van der Waals surface area contributed by atoms with Crippen molar-refractivity contribution in [2.24, 2.45) is 0 Å². The van der Waals surface area contributed by atoms with Gasteiger partial charge in [0.05, 0.1) is 12.6 Å². The molecule has 1 atom stereocenters. The molecule has 0 aliphatic carbocycles. The summed E-state index contributed by atoms with van der Waals surface area (Å²) in [6.07, 6.45) is 2.10. The van der Waals surface area contributed by atoms with Crippen LogP contribution in [-0.4, -0.2) is 13.2 Å². The molecule has 3 heteroatoms. The molecule has 0 radical (unpaired) electrons. The molecule has 0 fully saturated rings. The summed E-state index contributed by atoms with van der Waals surface area (Å²) >= 11 is 0. The van der Waals surface area contributed by atoms with Crippen LogP contribution in [0.3, 0.4) is 0 Å². The average molecular weight is 285 g/mol. The van der Waals surface area contributed by atoms with Crippen molar-refractivity contribution in [1.29, 1.82) is 0 Å². The lowest BCUT2D eigenvalue weighted by molar-refractivity contribution is 0.288. The SMILES string of the molecule is CCNC(c1cccc(F)c1)c1ccc2c(c1)CCCO2. The predicted octanol–water partition coefficient (Wildman–Crippen LogP) is 3.85. The molecule has 1 aliphatic heterocycles. The maximum absolute atomic E-state index is 13.5. The van der Waals surface area contributed by atoms with Crippen molar-refractivity contribution in [2.75, 3.05) is 13.2 Å². The van der Waals surface area contributed by atoms with Crippen molar-refractivity contribution in [3.05, 3.63) is 65.0 Å². The van der Waals surface area contributed by atoms with E-state index < -0.39 is 0 Å². The minimum atomic E-state index is -0.198. The molecule has 1 N–H and O–H groups in total. The van der Waals surface area contributed by atoms with Crippen LogP contribution in [0.4, 0.5) is 4.39 Å². The highest BCUT2D eigenvalue weighted by atomic mass is 19.1. The van der Waals surface area contributed by atoms with Crippen LogP contribution in [0.2, 0.25) is 0 Å². The average Bonchev–Trinajstić information content (AvgIpc) is 2.52. The summed E-state index contributed by atoms with van der Waals surface area (Å²) in [5, 5.41) is 3.44. The molecular formula is C18H20FNO. The molecule has 0 amide bonds. The predicted molar refractivity (Wildman–Crippen MR) is 82.2 cm³/mol. The van der Waals surface area contributed by atoms with Crippen molar-refractivity contribution >= 4 is 0 Å². The zero-order valence-electron chi connectivity index (χ0n) is 12.2. The summed E-state index contributed by atoms with van der Waals surface area (Å²) < 4.78 is 19.2. The van der Waals surface area contributed by atoms with Gasteiger partial charge >= 0.3 is 0 Å². The lowest BCUT2D eigenvalue weighted by atomic mass is 9.95. The quantitative estimate of drug-likeness (QED) is 0.921. The number of nitrogens with one attached hydrogen (secondary N) is 1. The van der Waals surface area contributed by atoms with Crippen LogP contribution in [0, 0.1) is 5.82 Å². The Morgan fingerprint density at radius 1 is 1.19 bits per heavy atom. The lowest BCUT2D eigenvalue weighted by Crippen LogP contribution is -2.22. The minimum Gasteiger partial charge on any atom is -0.493 e. The molecule has 2 aromatic rings. The number of fused-ring (bicyclic) bond motifs is 1. The molecule has 1 heterocycles. The lowest BCUT2D eigenvalue weighted by Gasteiger charge is -2.23. The molecule has 1 unspecified atom stereocenters. The van der Waals surface area contributed by atoms with Gasteiger partial charge in [0.25, 0.3) is 0 Å². The fourth-order valence-corrected chi connectivity index (χ4v) is 2.88. The van der Waals surface area contributed by atoms with E-state index in [0.717, 1.165) is 42.9 Å². The van der Waals surface area contributed by atoms with Crippen molar-refractivity contribution in [3.8, 4) is 5.75 Å². The topological polar surface area (TPSA) is 21.3 Å². The summed E-state index contributed by atoms with van der Waals surface area (Å²) in [4.78, 5) is 0. The molecule has 21 heavy (non-hydrogen) atoms. The largest absolute Gasteiger partial charge is 0.493 e. The van der Waals surface area contributed by atoms with E-state index in [0.29, 0.717) is 0 Å². The molecule has 2 aromatic carbocycles. The second kappa shape index (κ2) is 6.27. The molecule has 0 bridgehead atoms. The smallest absolute Gasteiger partial charge is 0.123 e. The van der Waals surface area contributed by atoms with Crippen LogP contribution in [0.25, 0.3) is 0 Å². The zero-order valence-corrected chi connectivity index (χ0v) is 12.2. The Bertz CT molecular complexity index is 626. The van der Waals surface area contributed by atoms with Gasteiger partial charge in [0.2, 0.25) is 0 Å². The molecule has 0 spiro atoms. The van der Waals surface area contributed by atoms with Crippen LogP contribution < -0.4 is 10.1 Å². The van der Waals surface area contributed by atoms with Crippen LogP contribution in [0.15, 0.2) is 42.5 Å². The first-order chi connectivity index (χ1) is 10.3. The van der Waals surface area contributed by atoms with Gasteiger partial charge in [0.1, 0.15) is 11.6 Å². The van der Waals surface area contributed by atoms with Gasteiger partial charge < -0.3 is 10.1 Å². The first kappa shape index (κ1) is 14.1. The van der Waals surface area contributed by atoms with E-state index in [1.807, 2.05) is 12.1 Å². The second-order valence-corrected chi connectivity index (χ2v) is 5.36. The van der Waals surface area contributed by atoms with Crippen molar-refractivity contribution in [2.45, 2.75) is 25.8 Å². The van der Waals surface area contributed by atoms with E-state index in [4.69, 9.17) is 4.74 Å². The Morgan fingerprint density at radius 3 is 2.86 bits per heavy atom. The van der Waals surface area contributed by atoms with Gasteiger partial charge in [-0.2, -0.15) is 0 Å². The molecule has 0 saturated heterocycles. The highest BCUT2D eigenvalue weighted by molar-refractivity contribution is 5.42. The Morgan fingerprint density at radius 2 is 2.05 bits per heavy atom. The Labute approximate surface area is 125 Å². The standard InChI is InChI=1S/C18H20FNO/c1-2-20-18(14-5-3-7-16(19)12-14)15-8-9-17-13(11-15)6-4-10-21-17/h3,5,7-9,11-12,18,20H,2,4,6,10H2,1H3. The third kappa shape index (κ3) is 3.08. The molecule has 1 aliphatic rings. The van der Waals surface area contributed by atoms with E-state index in [-0.39, 0.29) is 11.9 Å². The fourth-order valence-electron chi connectivity index (χ4n) is 2.88. The highest BCUT2D eigenvalue weighted by Gasteiger charge is 2.17. The van der Waals surface area contributed by atoms with Gasteiger partial charge in [0, 0.05) is 0 Å². The number of aryl methyl sites for hydroxylation is 1. The summed E-state index contributed by atoms with van der Waals surface area (Å²) in [7, 11) is 0. The van der Waals surface area contributed by atoms with E-state index in [1.165, 1.54) is 11.6 Å². The molecule has 0 aromatic heterocycles. The maximum Gasteiger partial charge on any atom is 0.123 e.